The highest BCUT2D eigenvalue weighted by molar-refractivity contribution is 5.73. The van der Waals surface area contributed by atoms with Crippen molar-refractivity contribution >= 4 is 5.69 Å². The predicted octanol–water partition coefficient (Wildman–Crippen LogP) is 3.10. The maximum Gasteiger partial charge on any atom is 0.160 e. The van der Waals surface area contributed by atoms with Crippen LogP contribution in [0.1, 0.15) is 11.3 Å². The third-order valence-corrected chi connectivity index (χ3v) is 4.48. The summed E-state index contributed by atoms with van der Waals surface area (Å²) in [6, 6.07) is 16.7. The average molecular weight is 328 g/mol. The molecule has 122 valence electrons. The van der Waals surface area contributed by atoms with E-state index in [-0.39, 0.29) is 0 Å². The van der Waals surface area contributed by atoms with E-state index in [1.807, 2.05) is 23.3 Å². The third kappa shape index (κ3) is 2.39. The maximum absolute atomic E-state index is 4.44. The van der Waals surface area contributed by atoms with Crippen molar-refractivity contribution in [1.29, 1.82) is 0 Å². The molecule has 0 spiro atoms. The Bertz CT molecular complexity index is 1030. The first-order chi connectivity index (χ1) is 12.4. The largest absolute Gasteiger partial charge is 0.381 e. The average Bonchev–Trinajstić information content (AvgIpc) is 3.29. The first-order valence-corrected chi connectivity index (χ1v) is 8.20. The quantitative estimate of drug-likeness (QED) is 0.553. The van der Waals surface area contributed by atoms with Gasteiger partial charge in [-0.3, -0.25) is 0 Å². The molecule has 2 aromatic carbocycles. The molecule has 0 atom stereocenters. The molecule has 0 saturated heterocycles. The van der Waals surface area contributed by atoms with Crippen molar-refractivity contribution in [3.63, 3.8) is 0 Å². The Hall–Kier alpha value is -3.41. The lowest BCUT2D eigenvalue weighted by molar-refractivity contribution is 0.677. The van der Waals surface area contributed by atoms with E-state index in [9.17, 15) is 0 Å². The summed E-state index contributed by atoms with van der Waals surface area (Å²) in [6.45, 7) is 1.45. The molecule has 1 aliphatic rings. The molecule has 3 heterocycles. The van der Waals surface area contributed by atoms with Crippen molar-refractivity contribution in [3.8, 4) is 17.1 Å². The van der Waals surface area contributed by atoms with Crippen LogP contribution >= 0.6 is 0 Å². The van der Waals surface area contributed by atoms with Gasteiger partial charge >= 0.3 is 0 Å². The van der Waals surface area contributed by atoms with E-state index in [0.29, 0.717) is 6.54 Å². The van der Waals surface area contributed by atoms with Gasteiger partial charge in [-0.15, -0.1) is 0 Å². The molecule has 1 N–H and O–H groups in total. The molecule has 0 unspecified atom stereocenters. The lowest BCUT2D eigenvalue weighted by Crippen LogP contribution is -2.03. The van der Waals surface area contributed by atoms with Crippen LogP contribution < -0.4 is 5.32 Å². The molecule has 0 aliphatic carbocycles. The highest BCUT2D eigenvalue weighted by Crippen LogP contribution is 2.32. The second-order valence-electron chi connectivity index (χ2n) is 6.07. The number of rotatable bonds is 3. The van der Waals surface area contributed by atoms with Crippen molar-refractivity contribution in [1.82, 2.24) is 24.3 Å². The molecule has 6 nitrogen and oxygen atoms in total. The van der Waals surface area contributed by atoms with Gasteiger partial charge in [-0.2, -0.15) is 5.10 Å². The van der Waals surface area contributed by atoms with Gasteiger partial charge in [0.1, 0.15) is 6.33 Å². The van der Waals surface area contributed by atoms with E-state index in [1.54, 1.807) is 6.33 Å². The normalized spacial score (nSPS) is 12.0. The fourth-order valence-corrected chi connectivity index (χ4v) is 3.23. The number of anilines is 1. The second-order valence-corrected chi connectivity index (χ2v) is 6.07. The van der Waals surface area contributed by atoms with Crippen LogP contribution in [0.15, 0.2) is 67.4 Å². The molecule has 0 fully saturated rings. The number of aromatic nitrogens is 5. The van der Waals surface area contributed by atoms with E-state index < -0.39 is 0 Å². The summed E-state index contributed by atoms with van der Waals surface area (Å²) in [7, 11) is 0. The van der Waals surface area contributed by atoms with Gasteiger partial charge in [-0.05, 0) is 23.8 Å². The number of imidazole rings is 1. The van der Waals surface area contributed by atoms with Gasteiger partial charge in [0, 0.05) is 17.8 Å². The second kappa shape index (κ2) is 5.59. The highest BCUT2D eigenvalue weighted by Gasteiger charge is 2.20. The van der Waals surface area contributed by atoms with E-state index in [1.165, 1.54) is 5.56 Å². The van der Waals surface area contributed by atoms with Gasteiger partial charge in [-0.1, -0.05) is 30.3 Å². The van der Waals surface area contributed by atoms with Crippen LogP contribution in [0.5, 0.6) is 0 Å². The molecule has 0 saturated carbocycles. The van der Waals surface area contributed by atoms with E-state index >= 15 is 0 Å². The minimum atomic E-state index is 0.663. The van der Waals surface area contributed by atoms with Gasteiger partial charge in [0.15, 0.2) is 5.82 Å². The molecule has 0 amide bonds. The molecule has 4 aromatic rings. The summed E-state index contributed by atoms with van der Waals surface area (Å²) < 4.78 is 4.02. The third-order valence-electron chi connectivity index (χ3n) is 4.48. The minimum absolute atomic E-state index is 0.663. The Morgan fingerprint density at radius 1 is 1.08 bits per heavy atom. The van der Waals surface area contributed by atoms with Crippen LogP contribution in [-0.2, 0) is 13.1 Å². The van der Waals surface area contributed by atoms with E-state index in [2.05, 4.69) is 67.4 Å². The summed E-state index contributed by atoms with van der Waals surface area (Å²) in [5, 5.41) is 7.84. The van der Waals surface area contributed by atoms with Crippen LogP contribution in [0.25, 0.3) is 17.1 Å². The Morgan fingerprint density at radius 2 is 2.00 bits per heavy atom. The molecule has 25 heavy (non-hydrogen) atoms. The molecule has 2 aromatic heterocycles. The number of benzene rings is 2. The van der Waals surface area contributed by atoms with Crippen LogP contribution in [0.3, 0.4) is 0 Å². The maximum atomic E-state index is 4.44. The van der Waals surface area contributed by atoms with Crippen molar-refractivity contribution in [2.24, 2.45) is 0 Å². The van der Waals surface area contributed by atoms with Gasteiger partial charge in [0.25, 0.3) is 0 Å². The highest BCUT2D eigenvalue weighted by atomic mass is 15.3. The monoisotopic (exact) mass is 328 g/mol. The van der Waals surface area contributed by atoms with Gasteiger partial charge in [-0.25, -0.2) is 14.6 Å². The lowest BCUT2D eigenvalue weighted by atomic mass is 10.1. The molecular weight excluding hydrogens is 312 g/mol. The first kappa shape index (κ1) is 14.0. The van der Waals surface area contributed by atoms with Crippen LogP contribution in [-0.4, -0.2) is 24.3 Å². The smallest absolute Gasteiger partial charge is 0.160 e. The number of fused-ring (bicyclic) bond motifs is 5. The Labute approximate surface area is 144 Å². The Kier molecular flexibility index (Phi) is 3.13. The molecule has 0 radical (unpaired) electrons. The van der Waals surface area contributed by atoms with E-state index in [0.717, 1.165) is 35.0 Å². The summed E-state index contributed by atoms with van der Waals surface area (Å²) in [4.78, 5) is 8.75. The number of hydrogen-bond acceptors (Lipinski definition) is 4. The zero-order valence-corrected chi connectivity index (χ0v) is 13.5. The van der Waals surface area contributed by atoms with Crippen molar-refractivity contribution in [2.45, 2.75) is 13.1 Å². The zero-order chi connectivity index (χ0) is 16.6. The fourth-order valence-electron chi connectivity index (χ4n) is 3.23. The molecule has 0 bridgehead atoms. The summed E-state index contributed by atoms with van der Waals surface area (Å²) in [5.41, 5.74) is 5.53. The van der Waals surface area contributed by atoms with Crippen LogP contribution in [0, 0.1) is 0 Å². The topological polar surface area (TPSA) is 60.6 Å². The molecule has 6 heteroatoms. The summed E-state index contributed by atoms with van der Waals surface area (Å²) >= 11 is 0. The van der Waals surface area contributed by atoms with Gasteiger partial charge in [0.05, 0.1) is 30.5 Å². The Balaban J connectivity index is 1.55. The predicted molar refractivity (Wildman–Crippen MR) is 95.5 cm³/mol. The van der Waals surface area contributed by atoms with Crippen molar-refractivity contribution in [2.75, 3.05) is 5.32 Å². The lowest BCUT2D eigenvalue weighted by Gasteiger charge is -2.12. The van der Waals surface area contributed by atoms with Crippen molar-refractivity contribution < 1.29 is 0 Å². The van der Waals surface area contributed by atoms with E-state index in [4.69, 9.17) is 0 Å². The summed E-state index contributed by atoms with van der Waals surface area (Å²) in [5.74, 6) is 0.883. The minimum Gasteiger partial charge on any atom is -0.381 e. The molecular formula is C19H16N6. The number of nitrogens with one attached hydrogen (secondary N) is 1. The number of hydrogen-bond donors (Lipinski definition) is 1. The SMILES string of the molecule is c1ccc(CNc2ccc3c(c2)-n2cncc2Cn2ncnc2-3)cc1. The fraction of sp³-hybridized carbons (Fsp3) is 0.105. The zero-order valence-electron chi connectivity index (χ0n) is 13.5. The summed E-state index contributed by atoms with van der Waals surface area (Å²) in [6.07, 6.45) is 5.33. The molecule has 5 rings (SSSR count). The van der Waals surface area contributed by atoms with Crippen LogP contribution in [0.2, 0.25) is 0 Å². The first-order valence-electron chi connectivity index (χ1n) is 8.20. The Morgan fingerprint density at radius 3 is 2.92 bits per heavy atom. The van der Waals surface area contributed by atoms with Gasteiger partial charge in [0.2, 0.25) is 0 Å². The van der Waals surface area contributed by atoms with Crippen LogP contribution in [0.4, 0.5) is 5.69 Å². The molecule has 1 aliphatic heterocycles. The van der Waals surface area contributed by atoms with Crippen molar-refractivity contribution in [3.05, 3.63) is 78.6 Å². The standard InChI is InChI=1S/C19H16N6/c1-2-4-14(5-3-1)9-21-15-6-7-17-18(8-15)24-13-20-10-16(24)11-25-19(17)22-12-23-25/h1-8,10,12-13,21H,9,11H2. The van der Waals surface area contributed by atoms with Gasteiger partial charge < -0.3 is 9.88 Å². The number of nitrogens with zero attached hydrogens (tertiary/aromatic N) is 5.